The van der Waals surface area contributed by atoms with Crippen LogP contribution < -0.4 is 9.47 Å². The van der Waals surface area contributed by atoms with Crippen LogP contribution >= 0.6 is 0 Å². The number of carbonyl (C=O) groups excluding carboxylic acids is 1. The molecule has 2 aromatic carbocycles. The summed E-state index contributed by atoms with van der Waals surface area (Å²) in [5.41, 5.74) is 2.13. The van der Waals surface area contributed by atoms with Crippen molar-refractivity contribution < 1.29 is 24.1 Å². The molecule has 0 aliphatic carbocycles. The van der Waals surface area contributed by atoms with E-state index in [1.807, 2.05) is 30.3 Å². The molecule has 2 aromatic rings. The molecule has 24 heavy (non-hydrogen) atoms. The average Bonchev–Trinajstić information content (AvgIpc) is 3.18. The van der Waals surface area contributed by atoms with Crippen molar-refractivity contribution in [1.82, 2.24) is 0 Å². The van der Waals surface area contributed by atoms with Gasteiger partial charge in [0, 0.05) is 5.92 Å². The molecule has 124 valence electrons. The van der Waals surface area contributed by atoms with Crippen LogP contribution in [0.5, 0.6) is 17.2 Å². The maximum Gasteiger partial charge on any atom is 0.309 e. The van der Waals surface area contributed by atoms with Gasteiger partial charge in [0.05, 0.1) is 12.5 Å². The van der Waals surface area contributed by atoms with Crippen molar-refractivity contribution in [3.05, 3.63) is 53.6 Å². The van der Waals surface area contributed by atoms with Crippen LogP contribution in [0.4, 0.5) is 0 Å². The minimum atomic E-state index is -0.167. The molecule has 5 nitrogen and oxygen atoms in total. The molecule has 0 saturated carbocycles. The number of benzene rings is 2. The number of fused-ring (bicyclic) bond motifs is 1. The van der Waals surface area contributed by atoms with Crippen LogP contribution in [0.3, 0.4) is 0 Å². The number of rotatable bonds is 4. The molecule has 2 aliphatic rings. The molecule has 2 heterocycles. The fourth-order valence-electron chi connectivity index (χ4n) is 3.31. The van der Waals surface area contributed by atoms with E-state index in [-0.39, 0.29) is 30.3 Å². The van der Waals surface area contributed by atoms with Gasteiger partial charge in [0.1, 0.15) is 5.75 Å². The highest BCUT2D eigenvalue weighted by molar-refractivity contribution is 5.75. The Morgan fingerprint density at radius 3 is 2.50 bits per heavy atom. The number of ether oxygens (including phenoxy) is 3. The molecule has 1 N–H and O–H groups in total. The SMILES string of the molecule is O=C1OC[C@H](Cc2ccc(O)cc2)[C@H]1Cc1ccc2c(c1)OCO2. The Morgan fingerprint density at radius 2 is 1.67 bits per heavy atom. The lowest BCUT2D eigenvalue weighted by Gasteiger charge is -2.15. The van der Waals surface area contributed by atoms with Crippen molar-refractivity contribution in [1.29, 1.82) is 0 Å². The summed E-state index contributed by atoms with van der Waals surface area (Å²) in [6.45, 7) is 0.683. The Labute approximate surface area is 139 Å². The smallest absolute Gasteiger partial charge is 0.309 e. The Kier molecular flexibility index (Phi) is 3.76. The van der Waals surface area contributed by atoms with E-state index in [4.69, 9.17) is 14.2 Å². The van der Waals surface area contributed by atoms with Crippen molar-refractivity contribution in [3.63, 3.8) is 0 Å². The first-order chi connectivity index (χ1) is 11.7. The van der Waals surface area contributed by atoms with Gasteiger partial charge in [-0.3, -0.25) is 4.79 Å². The van der Waals surface area contributed by atoms with Crippen molar-refractivity contribution in [2.45, 2.75) is 12.8 Å². The largest absolute Gasteiger partial charge is 0.508 e. The number of cyclic esters (lactones) is 1. The van der Waals surface area contributed by atoms with Crippen LogP contribution in [0, 0.1) is 11.8 Å². The predicted molar refractivity (Wildman–Crippen MR) is 86.0 cm³/mol. The van der Waals surface area contributed by atoms with Gasteiger partial charge in [0.2, 0.25) is 6.79 Å². The number of phenolic OH excluding ortho intramolecular Hbond substituents is 1. The average molecular weight is 326 g/mol. The first-order valence-electron chi connectivity index (χ1n) is 8.02. The maximum atomic E-state index is 12.1. The van der Waals surface area contributed by atoms with E-state index in [2.05, 4.69) is 0 Å². The Hall–Kier alpha value is -2.69. The topological polar surface area (TPSA) is 65.0 Å². The van der Waals surface area contributed by atoms with Crippen LogP contribution in [0.25, 0.3) is 0 Å². The molecule has 1 fully saturated rings. The minimum Gasteiger partial charge on any atom is -0.508 e. The third-order valence-corrected chi connectivity index (χ3v) is 4.64. The fraction of sp³-hybridized carbons (Fsp3) is 0.316. The van der Waals surface area contributed by atoms with E-state index in [0.717, 1.165) is 29.0 Å². The van der Waals surface area contributed by atoms with Gasteiger partial charge < -0.3 is 19.3 Å². The summed E-state index contributed by atoms with van der Waals surface area (Å²) < 4.78 is 16.0. The molecule has 0 aromatic heterocycles. The highest BCUT2D eigenvalue weighted by Crippen LogP contribution is 2.35. The number of hydrogen-bond donors (Lipinski definition) is 1. The first kappa shape index (κ1) is 14.9. The summed E-state index contributed by atoms with van der Waals surface area (Å²) in [5.74, 6) is 1.54. The van der Waals surface area contributed by atoms with Crippen LogP contribution in [0.2, 0.25) is 0 Å². The molecule has 0 amide bonds. The molecule has 5 heteroatoms. The second kappa shape index (κ2) is 6.07. The summed E-state index contributed by atoms with van der Waals surface area (Å²) in [5, 5.41) is 9.38. The molecule has 1 saturated heterocycles. The van der Waals surface area contributed by atoms with Gasteiger partial charge >= 0.3 is 5.97 Å². The van der Waals surface area contributed by atoms with Crippen molar-refractivity contribution in [2.24, 2.45) is 11.8 Å². The Morgan fingerprint density at radius 1 is 0.917 bits per heavy atom. The van der Waals surface area contributed by atoms with E-state index in [1.54, 1.807) is 12.1 Å². The standard InChI is InChI=1S/C19H18O5/c20-15-4-1-12(2-5-15)7-14-10-22-19(21)16(14)8-13-3-6-17-18(9-13)24-11-23-17/h1-6,9,14,16,20H,7-8,10-11H2/t14-,16+/m0/s1. The molecule has 4 rings (SSSR count). The molecule has 0 bridgehead atoms. The van der Waals surface area contributed by atoms with E-state index in [9.17, 15) is 9.90 Å². The third-order valence-electron chi connectivity index (χ3n) is 4.64. The van der Waals surface area contributed by atoms with Crippen LogP contribution in [-0.4, -0.2) is 24.5 Å². The molecule has 2 aliphatic heterocycles. The second-order valence-corrected chi connectivity index (χ2v) is 6.26. The summed E-state index contributed by atoms with van der Waals surface area (Å²) in [6.07, 6.45) is 1.37. The van der Waals surface area contributed by atoms with E-state index >= 15 is 0 Å². The zero-order valence-corrected chi connectivity index (χ0v) is 13.1. The summed E-state index contributed by atoms with van der Waals surface area (Å²) >= 11 is 0. The highest BCUT2D eigenvalue weighted by Gasteiger charge is 2.37. The Balaban J connectivity index is 1.49. The monoisotopic (exact) mass is 326 g/mol. The summed E-state index contributed by atoms with van der Waals surface area (Å²) in [4.78, 5) is 12.1. The second-order valence-electron chi connectivity index (χ2n) is 6.26. The van der Waals surface area contributed by atoms with Gasteiger partial charge in [-0.15, -0.1) is 0 Å². The number of carbonyl (C=O) groups is 1. The van der Waals surface area contributed by atoms with Gasteiger partial charge in [-0.25, -0.2) is 0 Å². The summed E-state index contributed by atoms with van der Waals surface area (Å²) in [7, 11) is 0. The van der Waals surface area contributed by atoms with Crippen molar-refractivity contribution in [3.8, 4) is 17.2 Å². The van der Waals surface area contributed by atoms with E-state index in [0.29, 0.717) is 13.0 Å². The maximum absolute atomic E-state index is 12.1. The Bertz CT molecular complexity index is 753. The lowest BCUT2D eigenvalue weighted by Crippen LogP contribution is -2.20. The molecule has 0 radical (unpaired) electrons. The summed E-state index contributed by atoms with van der Waals surface area (Å²) in [6, 6.07) is 12.9. The van der Waals surface area contributed by atoms with Gasteiger partial charge in [-0.05, 0) is 48.2 Å². The fourth-order valence-corrected chi connectivity index (χ4v) is 3.31. The molecular weight excluding hydrogens is 308 g/mol. The van der Waals surface area contributed by atoms with Gasteiger partial charge in [0.15, 0.2) is 11.5 Å². The molecular formula is C19H18O5. The van der Waals surface area contributed by atoms with Crippen molar-refractivity contribution >= 4 is 5.97 Å². The van der Waals surface area contributed by atoms with E-state index in [1.165, 1.54) is 0 Å². The lowest BCUT2D eigenvalue weighted by molar-refractivity contribution is -0.141. The first-order valence-corrected chi connectivity index (χ1v) is 8.02. The predicted octanol–water partition coefficient (Wildman–Crippen LogP) is 2.70. The van der Waals surface area contributed by atoms with Crippen LogP contribution in [0.15, 0.2) is 42.5 Å². The number of esters is 1. The van der Waals surface area contributed by atoms with Gasteiger partial charge in [-0.2, -0.15) is 0 Å². The lowest BCUT2D eigenvalue weighted by atomic mass is 9.85. The van der Waals surface area contributed by atoms with Crippen molar-refractivity contribution in [2.75, 3.05) is 13.4 Å². The quantitative estimate of drug-likeness (QED) is 0.875. The van der Waals surface area contributed by atoms with Gasteiger partial charge in [0.25, 0.3) is 0 Å². The number of phenols is 1. The third kappa shape index (κ3) is 2.89. The zero-order valence-electron chi connectivity index (χ0n) is 13.1. The molecule has 2 atom stereocenters. The van der Waals surface area contributed by atoms with E-state index < -0.39 is 0 Å². The van der Waals surface area contributed by atoms with Gasteiger partial charge in [-0.1, -0.05) is 18.2 Å². The minimum absolute atomic E-state index is 0.132. The van der Waals surface area contributed by atoms with Crippen LogP contribution in [-0.2, 0) is 22.4 Å². The molecule has 0 spiro atoms. The molecule has 0 unspecified atom stereocenters. The number of aromatic hydroxyl groups is 1. The highest BCUT2D eigenvalue weighted by atomic mass is 16.7. The zero-order chi connectivity index (χ0) is 16.5. The normalized spacial score (nSPS) is 21.8. The van der Waals surface area contributed by atoms with Crippen LogP contribution in [0.1, 0.15) is 11.1 Å². The number of hydrogen-bond acceptors (Lipinski definition) is 5.